The van der Waals surface area contributed by atoms with Crippen LogP contribution in [0.15, 0.2) is 66.7 Å². The highest BCUT2D eigenvalue weighted by Crippen LogP contribution is 2.26. The van der Waals surface area contributed by atoms with Gasteiger partial charge in [0.2, 0.25) is 5.91 Å². The van der Waals surface area contributed by atoms with Crippen molar-refractivity contribution in [3.63, 3.8) is 0 Å². The summed E-state index contributed by atoms with van der Waals surface area (Å²) in [6.07, 6.45) is 8.46. The molecule has 0 atom stereocenters. The molecule has 1 aliphatic heterocycles. The van der Waals surface area contributed by atoms with E-state index < -0.39 is 0 Å². The van der Waals surface area contributed by atoms with E-state index in [1.807, 2.05) is 55.5 Å². The molecule has 1 fully saturated rings. The summed E-state index contributed by atoms with van der Waals surface area (Å²) in [5.74, 6) is 1.38. The van der Waals surface area contributed by atoms with E-state index in [9.17, 15) is 9.59 Å². The number of benzene rings is 3. The molecule has 6 nitrogen and oxygen atoms in total. The summed E-state index contributed by atoms with van der Waals surface area (Å²) in [5.41, 5.74) is 5.95. The van der Waals surface area contributed by atoms with Gasteiger partial charge in [-0.25, -0.2) is 0 Å². The van der Waals surface area contributed by atoms with Gasteiger partial charge in [-0.2, -0.15) is 0 Å². The van der Waals surface area contributed by atoms with Gasteiger partial charge < -0.3 is 20.3 Å². The van der Waals surface area contributed by atoms with E-state index in [0.29, 0.717) is 17.7 Å². The van der Waals surface area contributed by atoms with Crippen LogP contribution in [-0.2, 0) is 24.1 Å². The Labute approximate surface area is 258 Å². The highest BCUT2D eigenvalue weighted by Gasteiger charge is 2.22. The zero-order valence-electron chi connectivity index (χ0n) is 26.3. The molecule has 0 spiro atoms. The Bertz CT molecular complexity index is 1310. The number of carbonyl (C=O) groups is 2. The smallest absolute Gasteiger partial charge is 0.255 e. The number of rotatable bonds is 15. The van der Waals surface area contributed by atoms with Gasteiger partial charge in [-0.1, -0.05) is 56.3 Å². The van der Waals surface area contributed by atoms with E-state index in [2.05, 4.69) is 47.6 Å². The maximum Gasteiger partial charge on any atom is 0.255 e. The fourth-order valence-electron chi connectivity index (χ4n) is 5.99. The molecule has 0 aromatic heterocycles. The van der Waals surface area contributed by atoms with Crippen molar-refractivity contribution in [2.75, 3.05) is 26.2 Å². The van der Waals surface area contributed by atoms with Gasteiger partial charge in [0.15, 0.2) is 0 Å². The summed E-state index contributed by atoms with van der Waals surface area (Å²) in [5, 5.41) is 6.34. The predicted molar refractivity (Wildman–Crippen MR) is 175 cm³/mol. The number of piperidine rings is 1. The maximum atomic E-state index is 13.1. The summed E-state index contributed by atoms with van der Waals surface area (Å²) >= 11 is 0. The lowest BCUT2D eigenvalue weighted by Crippen LogP contribution is -2.45. The van der Waals surface area contributed by atoms with E-state index in [4.69, 9.17) is 4.74 Å². The third kappa shape index (κ3) is 9.96. The zero-order valence-corrected chi connectivity index (χ0v) is 26.3. The molecular weight excluding hydrogens is 534 g/mol. The minimum absolute atomic E-state index is 0.0854. The molecule has 0 aliphatic carbocycles. The Morgan fingerprint density at radius 1 is 0.884 bits per heavy atom. The van der Waals surface area contributed by atoms with Gasteiger partial charge in [-0.3, -0.25) is 9.59 Å². The summed E-state index contributed by atoms with van der Waals surface area (Å²) in [6.45, 7) is 10.1. The third-order valence-electron chi connectivity index (χ3n) is 8.46. The van der Waals surface area contributed by atoms with E-state index >= 15 is 0 Å². The largest absolute Gasteiger partial charge is 0.457 e. The number of hydrogen-bond donors (Lipinski definition) is 2. The molecule has 3 aromatic carbocycles. The van der Waals surface area contributed by atoms with Crippen molar-refractivity contribution in [1.29, 1.82) is 0 Å². The van der Waals surface area contributed by atoms with Gasteiger partial charge in [0.25, 0.3) is 5.91 Å². The second-order valence-corrected chi connectivity index (χ2v) is 11.7. The van der Waals surface area contributed by atoms with Crippen molar-refractivity contribution in [3.05, 3.63) is 94.5 Å². The Balaban J connectivity index is 1.10. The van der Waals surface area contributed by atoms with E-state index in [1.165, 1.54) is 16.7 Å². The first-order valence-corrected chi connectivity index (χ1v) is 16.2. The highest BCUT2D eigenvalue weighted by molar-refractivity contribution is 5.97. The summed E-state index contributed by atoms with van der Waals surface area (Å²) in [4.78, 5) is 28.0. The summed E-state index contributed by atoms with van der Waals surface area (Å²) < 4.78 is 6.06. The van der Waals surface area contributed by atoms with Crippen molar-refractivity contribution in [3.8, 4) is 11.5 Å². The Morgan fingerprint density at radius 3 is 2.33 bits per heavy atom. The van der Waals surface area contributed by atoms with Gasteiger partial charge in [-0.05, 0) is 111 Å². The number of unbranched alkanes of at least 4 members (excludes halogenated alkanes) is 1. The van der Waals surface area contributed by atoms with E-state index in [0.717, 1.165) is 88.9 Å². The second kappa shape index (κ2) is 16.9. The fraction of sp³-hybridized carbons (Fsp3) is 0.459. The topological polar surface area (TPSA) is 70.7 Å². The molecule has 1 heterocycles. The third-order valence-corrected chi connectivity index (χ3v) is 8.46. The molecule has 4 rings (SSSR count). The van der Waals surface area contributed by atoms with Crippen LogP contribution in [0.3, 0.4) is 0 Å². The minimum atomic E-state index is -0.0854. The van der Waals surface area contributed by atoms with Gasteiger partial charge in [0.1, 0.15) is 11.5 Å². The van der Waals surface area contributed by atoms with Crippen LogP contribution < -0.4 is 15.4 Å². The number of nitrogens with zero attached hydrogens (tertiary/aromatic N) is 1. The average Bonchev–Trinajstić information content (AvgIpc) is 3.02. The van der Waals surface area contributed by atoms with Gasteiger partial charge in [0, 0.05) is 32.1 Å². The molecule has 1 aliphatic rings. The van der Waals surface area contributed by atoms with Crippen LogP contribution in [-0.4, -0.2) is 48.9 Å². The molecule has 43 heavy (non-hydrogen) atoms. The molecule has 230 valence electrons. The average molecular weight is 584 g/mol. The summed E-state index contributed by atoms with van der Waals surface area (Å²) in [6, 6.07) is 22.0. The lowest BCUT2D eigenvalue weighted by Gasteiger charge is -2.32. The first-order chi connectivity index (χ1) is 21.0. The van der Waals surface area contributed by atoms with Gasteiger partial charge in [-0.15, -0.1) is 0 Å². The van der Waals surface area contributed by atoms with Crippen LogP contribution in [0, 0.1) is 6.92 Å². The van der Waals surface area contributed by atoms with E-state index in [-0.39, 0.29) is 17.9 Å². The predicted octanol–water partition coefficient (Wildman–Crippen LogP) is 7.03. The van der Waals surface area contributed by atoms with Crippen molar-refractivity contribution >= 4 is 11.8 Å². The van der Waals surface area contributed by atoms with E-state index in [1.54, 1.807) is 0 Å². The fourth-order valence-corrected chi connectivity index (χ4v) is 5.99. The number of likely N-dealkylation sites (tertiary alicyclic amines) is 1. The lowest BCUT2D eigenvalue weighted by molar-refractivity contribution is -0.121. The van der Waals surface area contributed by atoms with Crippen LogP contribution in [0.4, 0.5) is 0 Å². The molecule has 3 aromatic rings. The first-order valence-electron chi connectivity index (χ1n) is 16.2. The molecule has 0 radical (unpaired) electrons. The van der Waals surface area contributed by atoms with Gasteiger partial charge >= 0.3 is 0 Å². The van der Waals surface area contributed by atoms with Crippen LogP contribution in [0.5, 0.6) is 11.5 Å². The first kappa shape index (κ1) is 32.3. The number of ether oxygens (including phenoxy) is 1. The van der Waals surface area contributed by atoms with Crippen molar-refractivity contribution < 1.29 is 14.3 Å². The zero-order chi connectivity index (χ0) is 30.4. The quantitative estimate of drug-likeness (QED) is 0.189. The monoisotopic (exact) mass is 583 g/mol. The molecule has 2 N–H and O–H groups in total. The number of amides is 2. The SMILES string of the molecule is CCc1cccc(CC)c1CCCC(=O)NCCCCN1CCC(NC(=O)c2ccccc2Oc2cccc(C)c2)CC1. The number of aryl methyl sites for hydroxylation is 3. The molecule has 0 saturated carbocycles. The van der Waals surface area contributed by atoms with Crippen molar-refractivity contribution in [2.24, 2.45) is 0 Å². The Kier molecular flexibility index (Phi) is 12.7. The summed E-state index contributed by atoms with van der Waals surface area (Å²) in [7, 11) is 0. The van der Waals surface area contributed by atoms with Crippen LogP contribution in [0.1, 0.15) is 85.0 Å². The highest BCUT2D eigenvalue weighted by atomic mass is 16.5. The van der Waals surface area contributed by atoms with Crippen molar-refractivity contribution in [2.45, 2.75) is 84.6 Å². The molecule has 0 unspecified atom stereocenters. The maximum absolute atomic E-state index is 13.1. The molecule has 2 amide bonds. The standard InChI is InChI=1S/C37H49N3O3/c1-4-29-14-11-15-30(5-2)33(29)18-12-20-36(41)38-23-8-9-24-40-25-21-31(22-26-40)39-37(42)34-17-6-7-19-35(34)43-32-16-10-13-28(3)27-32/h6-7,10-11,13-17,19,27,31H,4-5,8-9,12,18,20-26H2,1-3H3,(H,38,41)(H,39,42). The number of nitrogens with one attached hydrogen (secondary N) is 2. The molecule has 0 bridgehead atoms. The molecule has 6 heteroatoms. The molecular formula is C37H49N3O3. The Hall–Kier alpha value is -3.64. The normalized spacial score (nSPS) is 13.9. The number of hydrogen-bond acceptors (Lipinski definition) is 4. The van der Waals surface area contributed by atoms with Crippen LogP contribution in [0.25, 0.3) is 0 Å². The second-order valence-electron chi connectivity index (χ2n) is 11.7. The minimum Gasteiger partial charge on any atom is -0.457 e. The van der Waals surface area contributed by atoms with Gasteiger partial charge in [0.05, 0.1) is 5.56 Å². The molecule has 1 saturated heterocycles. The van der Waals surface area contributed by atoms with Crippen LogP contribution >= 0.6 is 0 Å². The number of para-hydroxylation sites is 1. The number of carbonyl (C=O) groups excluding carboxylic acids is 2. The lowest BCUT2D eigenvalue weighted by atomic mass is 9.93. The Morgan fingerprint density at radius 2 is 1.60 bits per heavy atom. The van der Waals surface area contributed by atoms with Crippen molar-refractivity contribution in [1.82, 2.24) is 15.5 Å². The van der Waals surface area contributed by atoms with Crippen LogP contribution in [0.2, 0.25) is 0 Å².